The second-order valence-corrected chi connectivity index (χ2v) is 21.7. The third-order valence-electron chi connectivity index (χ3n) is 16.0. The highest BCUT2D eigenvalue weighted by Gasteiger charge is 2.25. The van der Waals surface area contributed by atoms with Gasteiger partial charge in [-0.25, -0.2) is 15.0 Å². The second kappa shape index (κ2) is 19.1. The van der Waals surface area contributed by atoms with Crippen molar-refractivity contribution in [3.63, 3.8) is 0 Å². The lowest BCUT2D eigenvalue weighted by molar-refractivity contribution is 1.07. The number of para-hydroxylation sites is 2. The van der Waals surface area contributed by atoms with Crippen molar-refractivity contribution < 1.29 is 0 Å². The monoisotopic (exact) mass is 1050 g/mol. The molecule has 0 aliphatic rings. The third-order valence-corrected chi connectivity index (χ3v) is 17.1. The van der Waals surface area contributed by atoms with E-state index >= 15 is 0 Å². The summed E-state index contributed by atoms with van der Waals surface area (Å²) in [6.07, 6.45) is 0. The van der Waals surface area contributed by atoms with Gasteiger partial charge in [-0.15, -0.1) is 11.3 Å². The van der Waals surface area contributed by atoms with Gasteiger partial charge in [0, 0.05) is 64.1 Å². The van der Waals surface area contributed by atoms with Crippen LogP contribution >= 0.6 is 11.3 Å². The van der Waals surface area contributed by atoms with Crippen molar-refractivity contribution in [2.24, 2.45) is 0 Å². The Bertz CT molecular complexity index is 5100. The Morgan fingerprint density at radius 1 is 0.247 bits per heavy atom. The number of rotatable bonds is 9. The van der Waals surface area contributed by atoms with E-state index in [1.807, 2.05) is 0 Å². The maximum absolute atomic E-state index is 5.64. The average molecular weight is 1050 g/mol. The van der Waals surface area contributed by atoms with Crippen molar-refractivity contribution in [3.05, 3.63) is 285 Å². The van der Waals surface area contributed by atoms with Crippen LogP contribution in [-0.4, -0.2) is 24.1 Å². The molecule has 16 aromatic rings. The van der Waals surface area contributed by atoms with Gasteiger partial charge >= 0.3 is 0 Å². The maximum Gasteiger partial charge on any atom is 0.166 e. The van der Waals surface area contributed by atoms with Crippen LogP contribution in [0.4, 0.5) is 0 Å². The predicted octanol–water partition coefficient (Wildman–Crippen LogP) is 20.1. The molecule has 16 rings (SSSR count). The van der Waals surface area contributed by atoms with Gasteiger partial charge in [-0.2, -0.15) is 0 Å². The maximum atomic E-state index is 5.64. The van der Waals surface area contributed by atoms with Gasteiger partial charge in [0.25, 0.3) is 0 Å². The Labute approximate surface area is 471 Å². The molecule has 12 aromatic carbocycles. The van der Waals surface area contributed by atoms with Crippen LogP contribution in [0.15, 0.2) is 285 Å². The van der Waals surface area contributed by atoms with Gasteiger partial charge in [-0.3, -0.25) is 0 Å². The lowest BCUT2D eigenvalue weighted by atomic mass is 9.95. The molecule has 0 bridgehead atoms. The second-order valence-electron chi connectivity index (χ2n) is 20.6. The molecule has 5 nitrogen and oxygen atoms in total. The van der Waals surface area contributed by atoms with Gasteiger partial charge in [0.15, 0.2) is 17.5 Å². The summed E-state index contributed by atoms with van der Waals surface area (Å²) < 4.78 is 7.29. The lowest BCUT2D eigenvalue weighted by Crippen LogP contribution is -2.04. The predicted molar refractivity (Wildman–Crippen MR) is 339 cm³/mol. The van der Waals surface area contributed by atoms with Crippen molar-refractivity contribution >= 4 is 75.1 Å². The number of aromatic nitrogens is 5. The van der Waals surface area contributed by atoms with E-state index in [0.717, 1.165) is 99.7 Å². The van der Waals surface area contributed by atoms with Gasteiger partial charge in [0.1, 0.15) is 0 Å². The van der Waals surface area contributed by atoms with Gasteiger partial charge < -0.3 is 9.13 Å². The van der Waals surface area contributed by atoms with Crippen molar-refractivity contribution in [1.82, 2.24) is 24.1 Å². The number of fused-ring (bicyclic) bond motifs is 9. The zero-order valence-electron chi connectivity index (χ0n) is 43.8. The molecule has 0 aliphatic carbocycles. The minimum absolute atomic E-state index is 0.579. The highest BCUT2D eigenvalue weighted by molar-refractivity contribution is 7.25. The van der Waals surface area contributed by atoms with Gasteiger partial charge in [0.2, 0.25) is 0 Å². The summed E-state index contributed by atoms with van der Waals surface area (Å²) in [6, 6.07) is 103. The summed E-state index contributed by atoms with van der Waals surface area (Å²) in [5.74, 6) is 1.79. The lowest BCUT2D eigenvalue weighted by Gasteiger charge is -2.17. The van der Waals surface area contributed by atoms with Gasteiger partial charge in [-0.05, 0) is 111 Å². The molecule has 378 valence electrons. The molecule has 81 heavy (non-hydrogen) atoms. The molecule has 4 heterocycles. The molecule has 0 N–H and O–H groups in total. The molecular weight excluding hydrogens is 1000 g/mol. The summed E-state index contributed by atoms with van der Waals surface area (Å²) in [5, 5.41) is 7.06. The fraction of sp³-hybridized carbons (Fsp3) is 0. The smallest absolute Gasteiger partial charge is 0.166 e. The summed E-state index contributed by atoms with van der Waals surface area (Å²) in [6.45, 7) is 0. The van der Waals surface area contributed by atoms with Crippen LogP contribution in [0.25, 0.3) is 154 Å². The Morgan fingerprint density at radius 3 is 1.42 bits per heavy atom. The summed E-state index contributed by atoms with van der Waals surface area (Å²) >= 11 is 1.80. The molecular formula is C75H47N5S. The summed E-state index contributed by atoms with van der Waals surface area (Å²) in [5.41, 5.74) is 18.3. The van der Waals surface area contributed by atoms with Crippen LogP contribution in [0.5, 0.6) is 0 Å². The average Bonchev–Trinajstić information content (AvgIpc) is 4.21. The zero-order valence-corrected chi connectivity index (χ0v) is 44.6. The van der Waals surface area contributed by atoms with Gasteiger partial charge in [0.05, 0.1) is 27.8 Å². The Kier molecular flexibility index (Phi) is 11.0. The van der Waals surface area contributed by atoms with E-state index in [9.17, 15) is 0 Å². The molecule has 0 fully saturated rings. The standard InChI is InChI=1S/C75H47N5S/c1-5-21-48(22-6-1)51-27-17-28-54(45-51)73-76-74(78-75(77-73)62-35-20-40-69-72(62)61-32-14-16-39-68(61)81-69)60-44-42-53(50-25-9-3-10-26-50)47-67(60)80-65-38-19-34-57(71(65)59-43-41-52(46-66(59)80)49-23-7-2-8-24-49)56-33-18-37-64-70(56)58-31-13-15-36-63(58)79(64)55-29-11-4-12-30-55/h1-47H. The largest absolute Gasteiger partial charge is 0.309 e. The van der Waals surface area contributed by atoms with E-state index in [1.54, 1.807) is 11.3 Å². The van der Waals surface area contributed by atoms with E-state index < -0.39 is 0 Å². The van der Waals surface area contributed by atoms with Crippen LogP contribution in [-0.2, 0) is 0 Å². The molecule has 0 aliphatic heterocycles. The molecule has 6 heteroatoms. The first-order valence-corrected chi connectivity index (χ1v) is 28.2. The minimum atomic E-state index is 0.579. The summed E-state index contributed by atoms with van der Waals surface area (Å²) in [7, 11) is 0. The van der Waals surface area contributed by atoms with Crippen LogP contribution in [0.3, 0.4) is 0 Å². The van der Waals surface area contributed by atoms with Crippen molar-refractivity contribution in [2.75, 3.05) is 0 Å². The molecule has 0 spiro atoms. The van der Waals surface area contributed by atoms with E-state index in [-0.39, 0.29) is 0 Å². The van der Waals surface area contributed by atoms with E-state index in [0.29, 0.717) is 17.5 Å². The number of hydrogen-bond donors (Lipinski definition) is 0. The van der Waals surface area contributed by atoms with Crippen LogP contribution < -0.4 is 0 Å². The Morgan fingerprint density at radius 2 is 0.716 bits per heavy atom. The first-order chi connectivity index (χ1) is 40.2. The molecule has 0 saturated heterocycles. The van der Waals surface area contributed by atoms with E-state index in [4.69, 9.17) is 15.0 Å². The van der Waals surface area contributed by atoms with Crippen molar-refractivity contribution in [2.45, 2.75) is 0 Å². The van der Waals surface area contributed by atoms with Crippen molar-refractivity contribution in [1.29, 1.82) is 0 Å². The fourth-order valence-electron chi connectivity index (χ4n) is 12.4. The molecule has 4 aromatic heterocycles. The molecule has 0 unspecified atom stereocenters. The van der Waals surface area contributed by atoms with Gasteiger partial charge in [-0.1, -0.05) is 218 Å². The van der Waals surface area contributed by atoms with Crippen LogP contribution in [0.1, 0.15) is 0 Å². The number of nitrogens with zero attached hydrogens (tertiary/aromatic N) is 5. The highest BCUT2D eigenvalue weighted by atomic mass is 32.1. The topological polar surface area (TPSA) is 48.5 Å². The highest BCUT2D eigenvalue weighted by Crippen LogP contribution is 2.47. The Balaban J connectivity index is 1.00. The van der Waals surface area contributed by atoms with E-state index in [2.05, 4.69) is 294 Å². The number of thiophene rings is 1. The third kappa shape index (κ3) is 7.79. The van der Waals surface area contributed by atoms with Crippen LogP contribution in [0, 0.1) is 0 Å². The molecule has 0 radical (unpaired) electrons. The molecule has 0 amide bonds. The summed E-state index contributed by atoms with van der Waals surface area (Å²) in [4.78, 5) is 16.7. The Hall–Kier alpha value is -10.5. The first-order valence-electron chi connectivity index (χ1n) is 27.4. The van der Waals surface area contributed by atoms with Crippen LogP contribution in [0.2, 0.25) is 0 Å². The molecule has 0 saturated carbocycles. The number of benzene rings is 12. The fourth-order valence-corrected chi connectivity index (χ4v) is 13.5. The zero-order chi connectivity index (χ0) is 53.4. The van der Waals surface area contributed by atoms with E-state index in [1.165, 1.54) is 36.6 Å². The quantitative estimate of drug-likeness (QED) is 0.145. The normalized spacial score (nSPS) is 11.7. The minimum Gasteiger partial charge on any atom is -0.309 e. The first kappa shape index (κ1) is 46.6. The van der Waals surface area contributed by atoms with Crippen molar-refractivity contribution in [3.8, 4) is 90.0 Å². The molecule has 0 atom stereocenters. The number of hydrogen-bond acceptors (Lipinski definition) is 4. The SMILES string of the molecule is c1ccc(-c2cccc(-c3nc(-c4ccc(-c5ccccc5)cc4-n4c5cc(-c6ccccc6)ccc5c5c(-c6cccc7c6c6ccccc6n7-c6ccccc6)cccc54)nc(-c4cccc5sc6ccccc6c45)n3)c2)cc1.